The minimum atomic E-state index is -2.40. The molecule has 1 aliphatic heterocycles. The van der Waals surface area contributed by atoms with E-state index in [1.807, 2.05) is 20.8 Å². The molecule has 264 valence electrons. The number of esters is 3. The number of ketones is 1. The summed E-state index contributed by atoms with van der Waals surface area (Å²) in [7, 11) is -2.40. The van der Waals surface area contributed by atoms with Gasteiger partial charge in [0.15, 0.2) is 25.8 Å². The van der Waals surface area contributed by atoms with Gasteiger partial charge in [-0.1, -0.05) is 52.8 Å². The molecule has 0 amide bonds. The van der Waals surface area contributed by atoms with Gasteiger partial charge in [-0.25, -0.2) is 4.79 Å². The molecule has 3 fully saturated rings. The predicted molar refractivity (Wildman–Crippen MR) is 179 cm³/mol. The molecule has 48 heavy (non-hydrogen) atoms. The number of hydrogen-bond acceptors (Lipinski definition) is 10. The monoisotopic (exact) mass is 684 g/mol. The summed E-state index contributed by atoms with van der Waals surface area (Å²) in [4.78, 5) is 55.4. The molecule has 1 heterocycles. The van der Waals surface area contributed by atoms with Gasteiger partial charge in [0.1, 0.15) is 12.2 Å². The van der Waals surface area contributed by atoms with Crippen molar-refractivity contribution in [2.75, 3.05) is 6.61 Å². The third-order valence-electron chi connectivity index (χ3n) is 12.3. The van der Waals surface area contributed by atoms with Crippen molar-refractivity contribution in [3.05, 3.63) is 47.0 Å². The first-order valence-electron chi connectivity index (χ1n) is 17.4. The minimum absolute atomic E-state index is 0.00947. The highest BCUT2D eigenvalue weighted by molar-refractivity contribution is 6.73. The molecular formula is C37H52O10Si. The number of rotatable bonds is 9. The summed E-state index contributed by atoms with van der Waals surface area (Å²) < 4.78 is 32.3. The Hall–Kier alpha value is -2.86. The number of hydrogen-bond donors (Lipinski definition) is 1. The van der Waals surface area contributed by atoms with E-state index in [2.05, 4.69) is 20.8 Å². The highest BCUT2D eigenvalue weighted by atomic mass is 28.4. The van der Waals surface area contributed by atoms with E-state index in [0.29, 0.717) is 16.7 Å². The lowest BCUT2D eigenvalue weighted by Gasteiger charge is -2.67. The molecule has 0 radical (unpaired) electrons. The van der Waals surface area contributed by atoms with E-state index < -0.39 is 90.8 Å². The largest absolute Gasteiger partial charge is 0.458 e. The third kappa shape index (κ3) is 5.68. The fourth-order valence-corrected chi connectivity index (χ4v) is 12.4. The molecule has 11 heteroatoms. The van der Waals surface area contributed by atoms with Crippen LogP contribution in [0.1, 0.15) is 85.5 Å². The molecule has 4 aliphatic rings. The Kier molecular flexibility index (Phi) is 9.95. The van der Waals surface area contributed by atoms with Gasteiger partial charge in [0, 0.05) is 26.2 Å². The van der Waals surface area contributed by atoms with Crippen LogP contribution in [0.2, 0.25) is 18.1 Å². The van der Waals surface area contributed by atoms with Crippen molar-refractivity contribution in [1.82, 2.24) is 0 Å². The van der Waals surface area contributed by atoms with Crippen molar-refractivity contribution in [3.8, 4) is 0 Å². The Morgan fingerprint density at radius 2 is 1.58 bits per heavy atom. The van der Waals surface area contributed by atoms with E-state index in [-0.39, 0.29) is 19.4 Å². The van der Waals surface area contributed by atoms with Crippen LogP contribution in [0.5, 0.6) is 0 Å². The lowest BCUT2D eigenvalue weighted by molar-refractivity contribution is -0.334. The van der Waals surface area contributed by atoms with Crippen molar-refractivity contribution >= 4 is 32.0 Å². The SMILES string of the molecule is CC[Si](CC)(CC)O[C@H]1C[C@H]2OC[C@@]2(OC(C)=O)C2[C@H](OC(=O)c3ccccc3)C3CC(O)C(C)=C([C@@H](OC(C)=O)C(=O)[C@@]21C)C3(C)C. The summed E-state index contributed by atoms with van der Waals surface area (Å²) in [6.45, 7) is 16.4. The van der Waals surface area contributed by atoms with Crippen molar-refractivity contribution in [1.29, 1.82) is 0 Å². The number of carbonyl (C=O) groups is 4. The molecule has 1 saturated heterocycles. The van der Waals surface area contributed by atoms with Crippen molar-refractivity contribution in [3.63, 3.8) is 0 Å². The standard InChI is InChI=1S/C37H52O10Si/c1-10-48(11-2,12-3)47-27-19-28-37(20-43-28,46-23(6)39)32-30(45-34(42)24-16-14-13-15-17-24)25-18-26(40)21(4)29(35(25,7)8)31(44-22(5)38)33(41)36(27,32)9/h13-17,25-28,30-32,40H,10-12,18-20H2,1-9H3/t25?,26?,27-,28+,30+,31+,32?,36+,37-/m0/s1. The molecule has 2 saturated carbocycles. The van der Waals surface area contributed by atoms with Crippen LogP contribution in [0.4, 0.5) is 0 Å². The molecule has 3 aliphatic carbocycles. The topological polar surface area (TPSA) is 135 Å². The fourth-order valence-electron chi connectivity index (χ4n) is 9.43. The lowest BCUT2D eigenvalue weighted by atomic mass is 9.46. The second-order valence-electron chi connectivity index (χ2n) is 15.0. The van der Waals surface area contributed by atoms with E-state index in [0.717, 1.165) is 18.1 Å². The van der Waals surface area contributed by atoms with Gasteiger partial charge in [-0.3, -0.25) is 14.4 Å². The van der Waals surface area contributed by atoms with Gasteiger partial charge in [-0.15, -0.1) is 0 Å². The van der Waals surface area contributed by atoms with Gasteiger partial charge in [-0.05, 0) is 67.1 Å². The maximum Gasteiger partial charge on any atom is 0.338 e. The Morgan fingerprint density at radius 1 is 0.958 bits per heavy atom. The second kappa shape index (κ2) is 13.1. The van der Waals surface area contributed by atoms with Crippen LogP contribution in [0.15, 0.2) is 41.5 Å². The Morgan fingerprint density at radius 3 is 2.10 bits per heavy atom. The maximum absolute atomic E-state index is 15.6. The van der Waals surface area contributed by atoms with E-state index in [1.54, 1.807) is 37.3 Å². The molecule has 0 spiro atoms. The first-order valence-corrected chi connectivity index (χ1v) is 19.9. The Bertz CT molecular complexity index is 1460. The summed E-state index contributed by atoms with van der Waals surface area (Å²) in [6.07, 6.45) is -4.26. The van der Waals surface area contributed by atoms with Gasteiger partial charge in [0.25, 0.3) is 0 Å². The van der Waals surface area contributed by atoms with Crippen LogP contribution in [0.3, 0.4) is 0 Å². The number of fused-ring (bicyclic) bond motifs is 5. The molecular weight excluding hydrogens is 632 g/mol. The smallest absolute Gasteiger partial charge is 0.338 e. The number of ether oxygens (including phenoxy) is 4. The third-order valence-corrected chi connectivity index (χ3v) is 16.9. The first kappa shape index (κ1) is 36.4. The van der Waals surface area contributed by atoms with Crippen LogP contribution < -0.4 is 0 Å². The predicted octanol–water partition coefficient (Wildman–Crippen LogP) is 5.57. The Labute approximate surface area is 285 Å². The summed E-state index contributed by atoms with van der Waals surface area (Å²) in [5.41, 5.74) is -2.34. The maximum atomic E-state index is 15.6. The van der Waals surface area contributed by atoms with Gasteiger partial charge >= 0.3 is 17.9 Å². The second-order valence-corrected chi connectivity index (χ2v) is 19.7. The minimum Gasteiger partial charge on any atom is -0.458 e. The number of aliphatic hydroxyl groups excluding tert-OH is 1. The summed E-state index contributed by atoms with van der Waals surface area (Å²) in [5, 5.41) is 11.6. The van der Waals surface area contributed by atoms with Crippen LogP contribution >= 0.6 is 0 Å². The van der Waals surface area contributed by atoms with Crippen molar-refractivity contribution in [2.24, 2.45) is 22.7 Å². The van der Waals surface area contributed by atoms with Gasteiger partial charge in [0.2, 0.25) is 0 Å². The molecule has 10 nitrogen and oxygen atoms in total. The van der Waals surface area contributed by atoms with Crippen LogP contribution in [-0.4, -0.2) is 79.8 Å². The molecule has 1 aromatic rings. The van der Waals surface area contributed by atoms with E-state index in [9.17, 15) is 19.5 Å². The van der Waals surface area contributed by atoms with E-state index in [1.165, 1.54) is 13.8 Å². The zero-order valence-corrected chi connectivity index (χ0v) is 30.8. The molecule has 5 rings (SSSR count). The lowest BCUT2D eigenvalue weighted by Crippen LogP contribution is -2.80. The van der Waals surface area contributed by atoms with Crippen LogP contribution in [0.25, 0.3) is 0 Å². The fraction of sp³-hybridized carbons (Fsp3) is 0.676. The number of benzene rings is 1. The first-order chi connectivity index (χ1) is 22.5. The van der Waals surface area contributed by atoms with Crippen molar-refractivity contribution < 1.29 is 47.7 Å². The quantitative estimate of drug-likeness (QED) is 0.152. The number of carbonyl (C=O) groups excluding carboxylic acids is 4. The van der Waals surface area contributed by atoms with Gasteiger partial charge in [-0.2, -0.15) is 0 Å². The number of aliphatic hydroxyl groups is 1. The molecule has 2 bridgehead atoms. The van der Waals surface area contributed by atoms with E-state index in [4.69, 9.17) is 23.4 Å². The van der Waals surface area contributed by atoms with Crippen LogP contribution in [-0.2, 0) is 37.8 Å². The molecule has 1 N–H and O–H groups in total. The molecule has 0 aromatic heterocycles. The normalized spacial score (nSPS) is 35.6. The highest BCUT2D eigenvalue weighted by Gasteiger charge is 2.76. The van der Waals surface area contributed by atoms with Gasteiger partial charge < -0.3 is 28.5 Å². The average molecular weight is 685 g/mol. The molecule has 9 atom stereocenters. The summed E-state index contributed by atoms with van der Waals surface area (Å²) in [5.74, 6) is -3.75. The Balaban J connectivity index is 1.84. The zero-order chi connectivity index (χ0) is 35.4. The summed E-state index contributed by atoms with van der Waals surface area (Å²) in [6, 6.07) is 11.1. The van der Waals surface area contributed by atoms with Crippen molar-refractivity contribution in [2.45, 2.75) is 129 Å². The average Bonchev–Trinajstić information content (AvgIpc) is 3.03. The highest BCUT2D eigenvalue weighted by Crippen LogP contribution is 2.64. The molecule has 3 unspecified atom stereocenters. The molecule has 1 aromatic carbocycles. The summed E-state index contributed by atoms with van der Waals surface area (Å²) >= 11 is 0. The van der Waals surface area contributed by atoms with Gasteiger partial charge in [0.05, 0.1) is 35.7 Å². The number of Topliss-reactive ketones (excluding diaryl/α,β-unsaturated/α-hetero) is 1. The van der Waals surface area contributed by atoms with Crippen LogP contribution in [0, 0.1) is 22.7 Å². The zero-order valence-electron chi connectivity index (χ0n) is 29.8. The van der Waals surface area contributed by atoms with E-state index >= 15 is 4.79 Å².